The van der Waals surface area contributed by atoms with Gasteiger partial charge in [-0.2, -0.15) is 0 Å². The third-order valence-electron chi connectivity index (χ3n) is 2.22. The van der Waals surface area contributed by atoms with E-state index in [1.165, 1.54) is 0 Å². The van der Waals surface area contributed by atoms with Crippen LogP contribution in [0, 0.1) is 5.92 Å². The zero-order valence-corrected chi connectivity index (χ0v) is 7.51. The van der Waals surface area contributed by atoms with Crippen molar-refractivity contribution in [2.75, 3.05) is 0 Å². The second-order valence-corrected chi connectivity index (χ2v) is 3.41. The topological polar surface area (TPSA) is 20.3 Å². The Balaban J connectivity index is 2.85. The molecule has 0 aliphatic carbocycles. The van der Waals surface area contributed by atoms with E-state index in [2.05, 4.69) is 6.58 Å². The molecule has 3 unspecified atom stereocenters. The van der Waals surface area contributed by atoms with Crippen LogP contribution < -0.4 is 0 Å². The van der Waals surface area contributed by atoms with Crippen LogP contribution in [0.25, 0.3) is 0 Å². The molecule has 11 heavy (non-hydrogen) atoms. The Hall–Kier alpha value is -0.500. The van der Waals surface area contributed by atoms with Crippen molar-refractivity contribution in [2.24, 2.45) is 5.92 Å². The van der Waals surface area contributed by atoms with Crippen LogP contribution >= 0.6 is 11.6 Å². The van der Waals surface area contributed by atoms with Gasteiger partial charge in [0, 0.05) is 0 Å². The Labute approximate surface area is 71.8 Å². The highest BCUT2D eigenvalue weighted by Gasteiger charge is 2.40. The van der Waals surface area contributed by atoms with Crippen LogP contribution in [0.3, 0.4) is 0 Å². The summed E-state index contributed by atoms with van der Waals surface area (Å²) in [5, 5.41) is -0.0829. The monoisotopic (exact) mass is 173 g/mol. The summed E-state index contributed by atoms with van der Waals surface area (Å²) in [6, 6.07) is 0.0802. The molecule has 2 nitrogen and oxygen atoms in total. The van der Waals surface area contributed by atoms with Gasteiger partial charge in [0.25, 0.3) is 0 Å². The molecule has 1 amide bonds. The molecule has 0 saturated carbocycles. The van der Waals surface area contributed by atoms with Crippen LogP contribution in [0.2, 0.25) is 0 Å². The normalized spacial score (nSPS) is 37.9. The summed E-state index contributed by atoms with van der Waals surface area (Å²) < 4.78 is 0. The second kappa shape index (κ2) is 2.86. The van der Waals surface area contributed by atoms with Gasteiger partial charge < -0.3 is 4.90 Å². The van der Waals surface area contributed by atoms with E-state index >= 15 is 0 Å². The first-order chi connectivity index (χ1) is 5.09. The molecule has 1 heterocycles. The fourth-order valence-electron chi connectivity index (χ4n) is 1.40. The molecule has 1 saturated heterocycles. The molecule has 3 atom stereocenters. The van der Waals surface area contributed by atoms with Crippen molar-refractivity contribution in [2.45, 2.75) is 25.3 Å². The van der Waals surface area contributed by atoms with Crippen LogP contribution in [0.15, 0.2) is 12.8 Å². The molecule has 1 fully saturated rings. The first-order valence-electron chi connectivity index (χ1n) is 3.68. The molecule has 0 N–H and O–H groups in total. The van der Waals surface area contributed by atoms with E-state index in [1.54, 1.807) is 11.1 Å². The van der Waals surface area contributed by atoms with E-state index in [1.807, 2.05) is 13.8 Å². The van der Waals surface area contributed by atoms with Crippen LogP contribution in [0.4, 0.5) is 0 Å². The maximum atomic E-state index is 11.3. The minimum absolute atomic E-state index is 0.0764. The zero-order chi connectivity index (χ0) is 8.59. The summed E-state index contributed by atoms with van der Waals surface area (Å²) in [5.74, 6) is -0.00262. The van der Waals surface area contributed by atoms with Crippen LogP contribution in [0.1, 0.15) is 13.8 Å². The van der Waals surface area contributed by atoms with Crippen molar-refractivity contribution in [1.29, 1.82) is 0 Å². The van der Waals surface area contributed by atoms with Crippen molar-refractivity contribution in [3.8, 4) is 0 Å². The van der Waals surface area contributed by atoms with Crippen LogP contribution in [-0.2, 0) is 4.79 Å². The lowest BCUT2D eigenvalue weighted by Gasteiger charge is -2.16. The Bertz CT molecular complexity index is 193. The lowest BCUT2D eigenvalue weighted by atomic mass is 10.1. The number of amides is 1. The van der Waals surface area contributed by atoms with E-state index in [4.69, 9.17) is 11.6 Å². The van der Waals surface area contributed by atoms with E-state index in [-0.39, 0.29) is 23.2 Å². The standard InChI is InChI=1S/C8H12ClNO/c1-4-10-6(3)7(9)5(2)8(10)11/h4-7H,1H2,2-3H3. The fourth-order valence-corrected chi connectivity index (χ4v) is 1.63. The third kappa shape index (κ3) is 1.16. The highest BCUT2D eigenvalue weighted by molar-refractivity contribution is 6.23. The predicted octanol–water partition coefficient (Wildman–Crippen LogP) is 1.60. The minimum Gasteiger partial charge on any atom is -0.315 e. The number of hydrogen-bond acceptors (Lipinski definition) is 1. The molecular formula is C8H12ClNO. The number of likely N-dealkylation sites (tertiary alicyclic amines) is 1. The summed E-state index contributed by atoms with van der Waals surface area (Å²) in [6.45, 7) is 7.34. The average molecular weight is 174 g/mol. The summed E-state index contributed by atoms with van der Waals surface area (Å²) in [4.78, 5) is 12.9. The van der Waals surface area contributed by atoms with Gasteiger partial charge in [-0.1, -0.05) is 13.5 Å². The number of nitrogens with zero attached hydrogens (tertiary/aromatic N) is 1. The second-order valence-electron chi connectivity index (χ2n) is 2.90. The van der Waals surface area contributed by atoms with Crippen molar-refractivity contribution >= 4 is 17.5 Å². The van der Waals surface area contributed by atoms with Gasteiger partial charge in [-0.15, -0.1) is 11.6 Å². The Morgan fingerprint density at radius 3 is 2.36 bits per heavy atom. The maximum Gasteiger partial charge on any atom is 0.231 e. The van der Waals surface area contributed by atoms with Crippen LogP contribution in [-0.4, -0.2) is 22.2 Å². The molecule has 0 bridgehead atoms. The van der Waals surface area contributed by atoms with E-state index < -0.39 is 0 Å². The molecule has 0 aromatic rings. The average Bonchev–Trinajstić information content (AvgIpc) is 2.17. The van der Waals surface area contributed by atoms with E-state index in [0.29, 0.717) is 0 Å². The molecule has 1 aliphatic rings. The van der Waals surface area contributed by atoms with Crippen LogP contribution in [0.5, 0.6) is 0 Å². The molecule has 1 aliphatic heterocycles. The predicted molar refractivity (Wildman–Crippen MR) is 45.3 cm³/mol. The summed E-state index contributed by atoms with van der Waals surface area (Å²) in [5.41, 5.74) is 0. The van der Waals surface area contributed by atoms with Gasteiger partial charge in [0.15, 0.2) is 0 Å². The molecule has 1 rings (SSSR count). The maximum absolute atomic E-state index is 11.3. The highest BCUT2D eigenvalue weighted by Crippen LogP contribution is 2.28. The fraction of sp³-hybridized carbons (Fsp3) is 0.625. The quantitative estimate of drug-likeness (QED) is 0.552. The Kier molecular flexibility index (Phi) is 2.23. The number of carbonyl (C=O) groups excluding carboxylic acids is 1. The highest BCUT2D eigenvalue weighted by atomic mass is 35.5. The Morgan fingerprint density at radius 1 is 1.64 bits per heavy atom. The Morgan fingerprint density at radius 2 is 2.18 bits per heavy atom. The summed E-state index contributed by atoms with van der Waals surface area (Å²) in [6.07, 6.45) is 1.55. The first kappa shape index (κ1) is 8.60. The van der Waals surface area contributed by atoms with Gasteiger partial charge in [0.05, 0.1) is 17.3 Å². The molecule has 0 radical (unpaired) electrons. The lowest BCUT2D eigenvalue weighted by Crippen LogP contribution is -2.27. The SMILES string of the molecule is C=CN1C(=O)C(C)C(Cl)C1C. The molecule has 0 aromatic carbocycles. The van der Waals surface area contributed by atoms with Gasteiger partial charge in [0.1, 0.15) is 0 Å². The van der Waals surface area contributed by atoms with E-state index in [9.17, 15) is 4.79 Å². The van der Waals surface area contributed by atoms with Crippen molar-refractivity contribution in [1.82, 2.24) is 4.90 Å². The van der Waals surface area contributed by atoms with E-state index in [0.717, 1.165) is 0 Å². The minimum atomic E-state index is -0.0829. The summed E-state index contributed by atoms with van der Waals surface area (Å²) in [7, 11) is 0. The molecule has 0 spiro atoms. The zero-order valence-electron chi connectivity index (χ0n) is 6.75. The van der Waals surface area contributed by atoms with Gasteiger partial charge in [0.2, 0.25) is 5.91 Å². The largest absolute Gasteiger partial charge is 0.315 e. The smallest absolute Gasteiger partial charge is 0.231 e. The number of alkyl halides is 1. The first-order valence-corrected chi connectivity index (χ1v) is 4.12. The molecule has 62 valence electrons. The molecule has 3 heteroatoms. The number of halogens is 1. The van der Waals surface area contributed by atoms with Gasteiger partial charge in [-0.05, 0) is 13.1 Å². The number of carbonyl (C=O) groups is 1. The van der Waals surface area contributed by atoms with Gasteiger partial charge in [-0.3, -0.25) is 4.79 Å². The van der Waals surface area contributed by atoms with Crippen molar-refractivity contribution in [3.05, 3.63) is 12.8 Å². The summed E-state index contributed by atoms with van der Waals surface area (Å²) >= 11 is 5.97. The number of rotatable bonds is 1. The molecular weight excluding hydrogens is 162 g/mol. The van der Waals surface area contributed by atoms with Gasteiger partial charge in [-0.25, -0.2) is 0 Å². The van der Waals surface area contributed by atoms with Crippen molar-refractivity contribution in [3.63, 3.8) is 0 Å². The van der Waals surface area contributed by atoms with Gasteiger partial charge >= 0.3 is 0 Å². The molecule has 0 aromatic heterocycles. The third-order valence-corrected chi connectivity index (χ3v) is 2.96. The van der Waals surface area contributed by atoms with Crippen molar-refractivity contribution < 1.29 is 4.79 Å². The lowest BCUT2D eigenvalue weighted by molar-refractivity contribution is -0.128. The number of hydrogen-bond donors (Lipinski definition) is 0.